The van der Waals surface area contributed by atoms with Gasteiger partial charge in [-0.1, -0.05) is 0 Å². The fourth-order valence-electron chi connectivity index (χ4n) is 1.44. The van der Waals surface area contributed by atoms with E-state index in [2.05, 4.69) is 4.98 Å². The SMILES string of the molecule is Cc1cc(Oc2ccnc(C(=N)N)c2)ccc1F. The Morgan fingerprint density at radius 2 is 2.00 bits per heavy atom. The first-order valence-electron chi connectivity index (χ1n) is 5.31. The maximum absolute atomic E-state index is 13.1. The Hall–Kier alpha value is -2.43. The maximum Gasteiger partial charge on any atom is 0.141 e. The lowest BCUT2D eigenvalue weighted by atomic mass is 10.2. The van der Waals surface area contributed by atoms with Gasteiger partial charge >= 0.3 is 0 Å². The molecule has 5 heteroatoms. The van der Waals surface area contributed by atoms with Gasteiger partial charge in [-0.25, -0.2) is 4.39 Å². The van der Waals surface area contributed by atoms with Crippen LogP contribution < -0.4 is 10.5 Å². The van der Waals surface area contributed by atoms with Crippen LogP contribution in [0, 0.1) is 18.2 Å². The molecule has 1 aromatic heterocycles. The Balaban J connectivity index is 2.25. The summed E-state index contributed by atoms with van der Waals surface area (Å²) < 4.78 is 18.6. The number of ether oxygens (including phenoxy) is 1. The van der Waals surface area contributed by atoms with Crippen LogP contribution in [-0.4, -0.2) is 10.8 Å². The maximum atomic E-state index is 13.1. The molecule has 0 saturated carbocycles. The van der Waals surface area contributed by atoms with Crippen LogP contribution in [0.4, 0.5) is 4.39 Å². The third kappa shape index (κ3) is 2.63. The first kappa shape index (κ1) is 12.0. The molecule has 0 spiro atoms. The minimum Gasteiger partial charge on any atom is -0.457 e. The van der Waals surface area contributed by atoms with Crippen molar-refractivity contribution in [3.8, 4) is 11.5 Å². The van der Waals surface area contributed by atoms with Crippen LogP contribution in [0.2, 0.25) is 0 Å². The van der Waals surface area contributed by atoms with Crippen LogP contribution in [0.3, 0.4) is 0 Å². The molecular weight excluding hydrogens is 233 g/mol. The molecule has 0 bridgehead atoms. The van der Waals surface area contributed by atoms with Crippen molar-refractivity contribution in [1.82, 2.24) is 4.98 Å². The molecule has 3 N–H and O–H groups in total. The van der Waals surface area contributed by atoms with Gasteiger partial charge in [0.15, 0.2) is 0 Å². The zero-order valence-corrected chi connectivity index (χ0v) is 9.77. The monoisotopic (exact) mass is 245 g/mol. The van der Waals surface area contributed by atoms with E-state index >= 15 is 0 Å². The highest BCUT2D eigenvalue weighted by Gasteiger charge is 2.04. The molecule has 92 valence electrons. The molecule has 2 aromatic rings. The molecule has 0 aliphatic carbocycles. The van der Waals surface area contributed by atoms with Crippen molar-refractivity contribution in [2.45, 2.75) is 6.92 Å². The quantitative estimate of drug-likeness (QED) is 0.645. The van der Waals surface area contributed by atoms with E-state index in [9.17, 15) is 4.39 Å². The average Bonchev–Trinajstić information content (AvgIpc) is 2.34. The minimum absolute atomic E-state index is 0.129. The summed E-state index contributed by atoms with van der Waals surface area (Å²) in [5, 5.41) is 7.28. The minimum atomic E-state index is -0.276. The van der Waals surface area contributed by atoms with E-state index in [1.165, 1.54) is 18.3 Å². The summed E-state index contributed by atoms with van der Waals surface area (Å²) in [7, 11) is 0. The molecule has 0 unspecified atom stereocenters. The number of aryl methyl sites for hydroxylation is 1. The van der Waals surface area contributed by atoms with Crippen LogP contribution in [0.15, 0.2) is 36.5 Å². The second-order valence-corrected chi connectivity index (χ2v) is 3.80. The molecule has 1 heterocycles. The van der Waals surface area contributed by atoms with Crippen molar-refractivity contribution < 1.29 is 9.13 Å². The highest BCUT2D eigenvalue weighted by molar-refractivity contribution is 5.93. The lowest BCUT2D eigenvalue weighted by Crippen LogP contribution is -2.12. The standard InChI is InChI=1S/C13H12FN3O/c1-8-6-9(2-3-11(8)14)18-10-4-5-17-12(7-10)13(15)16/h2-7H,1H3,(H3,15,16). The van der Waals surface area contributed by atoms with E-state index in [4.69, 9.17) is 15.9 Å². The van der Waals surface area contributed by atoms with E-state index < -0.39 is 0 Å². The molecular formula is C13H12FN3O. The second kappa shape index (κ2) is 4.83. The van der Waals surface area contributed by atoms with Crippen LogP contribution in [0.5, 0.6) is 11.5 Å². The van der Waals surface area contributed by atoms with Gasteiger partial charge in [0.1, 0.15) is 28.8 Å². The van der Waals surface area contributed by atoms with Crippen LogP contribution in [-0.2, 0) is 0 Å². The van der Waals surface area contributed by atoms with Crippen molar-refractivity contribution in [2.75, 3.05) is 0 Å². The summed E-state index contributed by atoms with van der Waals surface area (Å²) in [5.41, 5.74) is 6.18. The van der Waals surface area contributed by atoms with Crippen LogP contribution in [0.25, 0.3) is 0 Å². The Morgan fingerprint density at radius 1 is 1.28 bits per heavy atom. The Morgan fingerprint density at radius 3 is 2.67 bits per heavy atom. The van der Waals surface area contributed by atoms with E-state index in [-0.39, 0.29) is 11.7 Å². The van der Waals surface area contributed by atoms with Gasteiger partial charge in [0.25, 0.3) is 0 Å². The number of benzene rings is 1. The molecule has 1 aromatic carbocycles. The second-order valence-electron chi connectivity index (χ2n) is 3.80. The van der Waals surface area contributed by atoms with E-state index in [1.807, 2.05) is 0 Å². The third-order valence-electron chi connectivity index (χ3n) is 2.37. The number of nitrogens with two attached hydrogens (primary N) is 1. The number of nitrogens with zero attached hydrogens (tertiary/aromatic N) is 1. The van der Waals surface area contributed by atoms with Crippen molar-refractivity contribution in [1.29, 1.82) is 5.41 Å². The van der Waals surface area contributed by atoms with Crippen molar-refractivity contribution in [2.24, 2.45) is 5.73 Å². The highest BCUT2D eigenvalue weighted by atomic mass is 19.1. The summed E-state index contributed by atoms with van der Waals surface area (Å²) in [6.45, 7) is 1.66. The van der Waals surface area contributed by atoms with Crippen molar-refractivity contribution in [3.05, 3.63) is 53.6 Å². The predicted molar refractivity (Wildman–Crippen MR) is 66.5 cm³/mol. The zero-order chi connectivity index (χ0) is 13.1. The number of hydrogen-bond acceptors (Lipinski definition) is 3. The van der Waals surface area contributed by atoms with Crippen LogP contribution in [0.1, 0.15) is 11.3 Å². The zero-order valence-electron chi connectivity index (χ0n) is 9.77. The smallest absolute Gasteiger partial charge is 0.141 e. The van der Waals surface area contributed by atoms with Gasteiger partial charge < -0.3 is 10.5 Å². The van der Waals surface area contributed by atoms with E-state index in [0.29, 0.717) is 22.8 Å². The van der Waals surface area contributed by atoms with Gasteiger partial charge in [0.2, 0.25) is 0 Å². The molecule has 18 heavy (non-hydrogen) atoms. The fraction of sp³-hybridized carbons (Fsp3) is 0.0769. The number of hydrogen-bond donors (Lipinski definition) is 2. The van der Waals surface area contributed by atoms with Gasteiger partial charge in [0, 0.05) is 12.3 Å². The van der Waals surface area contributed by atoms with Crippen molar-refractivity contribution in [3.63, 3.8) is 0 Å². The number of pyridine rings is 1. The number of halogens is 1. The van der Waals surface area contributed by atoms with Crippen LogP contribution >= 0.6 is 0 Å². The number of nitrogens with one attached hydrogen (secondary N) is 1. The average molecular weight is 245 g/mol. The number of aromatic nitrogens is 1. The van der Waals surface area contributed by atoms with Gasteiger partial charge in [0.05, 0.1) is 0 Å². The Bertz CT molecular complexity index is 599. The van der Waals surface area contributed by atoms with E-state index in [0.717, 1.165) is 0 Å². The predicted octanol–water partition coefficient (Wildman–Crippen LogP) is 2.61. The number of rotatable bonds is 3. The molecule has 4 nitrogen and oxygen atoms in total. The molecule has 0 fully saturated rings. The summed E-state index contributed by atoms with van der Waals surface area (Å²) in [6.07, 6.45) is 1.50. The molecule has 0 aliphatic rings. The van der Waals surface area contributed by atoms with E-state index in [1.54, 1.807) is 25.1 Å². The molecule has 2 rings (SSSR count). The lowest BCUT2D eigenvalue weighted by Gasteiger charge is -2.07. The Labute approximate surface area is 104 Å². The summed E-state index contributed by atoms with van der Waals surface area (Å²) in [5.74, 6) is 0.619. The highest BCUT2D eigenvalue weighted by Crippen LogP contribution is 2.23. The topological polar surface area (TPSA) is 72.0 Å². The molecule has 0 aliphatic heterocycles. The van der Waals surface area contributed by atoms with Crippen molar-refractivity contribution >= 4 is 5.84 Å². The van der Waals surface area contributed by atoms with Gasteiger partial charge in [-0.05, 0) is 36.8 Å². The fourth-order valence-corrected chi connectivity index (χ4v) is 1.44. The number of nitrogen functional groups attached to an aromatic ring is 1. The van der Waals surface area contributed by atoms with Gasteiger partial charge in [-0.2, -0.15) is 0 Å². The summed E-state index contributed by atoms with van der Waals surface area (Å²) in [6, 6.07) is 7.68. The van der Waals surface area contributed by atoms with Gasteiger partial charge in [-0.15, -0.1) is 0 Å². The van der Waals surface area contributed by atoms with Gasteiger partial charge in [-0.3, -0.25) is 10.4 Å². The molecule has 0 atom stereocenters. The normalized spacial score (nSPS) is 10.1. The number of amidine groups is 1. The first-order valence-corrected chi connectivity index (χ1v) is 5.31. The molecule has 0 amide bonds. The first-order chi connectivity index (χ1) is 8.56. The summed E-state index contributed by atoms with van der Waals surface area (Å²) in [4.78, 5) is 3.92. The lowest BCUT2D eigenvalue weighted by molar-refractivity contribution is 0.479. The molecule has 0 saturated heterocycles. The third-order valence-corrected chi connectivity index (χ3v) is 2.37. The molecule has 0 radical (unpaired) electrons. The largest absolute Gasteiger partial charge is 0.457 e. The summed E-state index contributed by atoms with van der Waals surface area (Å²) >= 11 is 0. The Kier molecular flexibility index (Phi) is 3.23.